The van der Waals surface area contributed by atoms with Crippen molar-refractivity contribution in [2.75, 3.05) is 0 Å². The minimum Gasteiger partial charge on any atom is -0.296 e. The second kappa shape index (κ2) is 4.46. The maximum atomic E-state index is 10.4. The Kier molecular flexibility index (Phi) is 2.83. The van der Waals surface area contributed by atoms with Crippen molar-refractivity contribution in [2.45, 2.75) is 6.42 Å². The van der Waals surface area contributed by atoms with Crippen LogP contribution < -0.4 is 0 Å². The summed E-state index contributed by atoms with van der Waals surface area (Å²) in [4.78, 5) is 18.4. The summed E-state index contributed by atoms with van der Waals surface area (Å²) in [5.41, 5.74) is 2.68. The molecular formula is C12H10N2O. The third kappa shape index (κ3) is 2.47. The first-order chi connectivity index (χ1) is 7.38. The highest BCUT2D eigenvalue weighted by atomic mass is 16.1. The maximum Gasteiger partial charge on any atom is 0.168 e. The Bertz CT molecular complexity index is 437. The monoisotopic (exact) mass is 198 g/mol. The fraction of sp³-hybridized carbons (Fsp3) is 0.0833. The zero-order chi connectivity index (χ0) is 10.5. The summed E-state index contributed by atoms with van der Waals surface area (Å²) in [5.74, 6) is 0. The quantitative estimate of drug-likeness (QED) is 0.707. The number of hydrogen-bond donors (Lipinski definition) is 0. The lowest BCUT2D eigenvalue weighted by molar-refractivity contribution is 0.111. The molecule has 0 aliphatic heterocycles. The fourth-order valence-electron chi connectivity index (χ4n) is 1.35. The molecule has 3 nitrogen and oxygen atoms in total. The highest BCUT2D eigenvalue weighted by Crippen LogP contribution is 2.06. The van der Waals surface area contributed by atoms with Crippen LogP contribution >= 0.6 is 0 Å². The molecule has 0 bridgehead atoms. The van der Waals surface area contributed by atoms with E-state index in [2.05, 4.69) is 9.97 Å². The maximum absolute atomic E-state index is 10.4. The molecule has 2 aromatic rings. The molecule has 0 spiro atoms. The standard InChI is InChI=1S/C12H10N2O/c15-9-12-4-3-11(8-14-12)6-10-2-1-5-13-7-10/h1-5,7-9H,6H2. The molecule has 74 valence electrons. The third-order valence-electron chi connectivity index (χ3n) is 2.10. The van der Waals surface area contributed by atoms with E-state index in [0.717, 1.165) is 23.8 Å². The number of pyridine rings is 2. The van der Waals surface area contributed by atoms with E-state index in [1.165, 1.54) is 0 Å². The van der Waals surface area contributed by atoms with Gasteiger partial charge in [-0.15, -0.1) is 0 Å². The Morgan fingerprint density at radius 3 is 2.60 bits per heavy atom. The van der Waals surface area contributed by atoms with E-state index in [1.54, 1.807) is 18.5 Å². The summed E-state index contributed by atoms with van der Waals surface area (Å²) >= 11 is 0. The number of carbonyl (C=O) groups is 1. The lowest BCUT2D eigenvalue weighted by Crippen LogP contribution is -1.92. The topological polar surface area (TPSA) is 42.9 Å². The van der Waals surface area contributed by atoms with Crippen LogP contribution in [0.25, 0.3) is 0 Å². The van der Waals surface area contributed by atoms with E-state index < -0.39 is 0 Å². The minimum absolute atomic E-state index is 0.463. The summed E-state index contributed by atoms with van der Waals surface area (Å²) in [7, 11) is 0. The van der Waals surface area contributed by atoms with E-state index in [-0.39, 0.29) is 0 Å². The summed E-state index contributed by atoms with van der Waals surface area (Å²) < 4.78 is 0. The molecular weight excluding hydrogens is 188 g/mol. The fourth-order valence-corrected chi connectivity index (χ4v) is 1.35. The van der Waals surface area contributed by atoms with Crippen molar-refractivity contribution in [3.8, 4) is 0 Å². The average molecular weight is 198 g/mol. The first-order valence-electron chi connectivity index (χ1n) is 4.67. The summed E-state index contributed by atoms with van der Waals surface area (Å²) in [6.07, 6.45) is 6.83. The van der Waals surface area contributed by atoms with E-state index in [4.69, 9.17) is 0 Å². The second-order valence-electron chi connectivity index (χ2n) is 3.25. The molecule has 0 unspecified atom stereocenters. The van der Waals surface area contributed by atoms with Crippen LogP contribution in [0.5, 0.6) is 0 Å². The smallest absolute Gasteiger partial charge is 0.168 e. The predicted molar refractivity (Wildman–Crippen MR) is 56.7 cm³/mol. The van der Waals surface area contributed by atoms with Crippen LogP contribution in [0.15, 0.2) is 42.9 Å². The van der Waals surface area contributed by atoms with Crippen LogP contribution in [0.1, 0.15) is 21.6 Å². The molecule has 0 radical (unpaired) electrons. The number of rotatable bonds is 3. The molecule has 2 aromatic heterocycles. The molecule has 0 amide bonds. The van der Waals surface area contributed by atoms with Gasteiger partial charge in [0.1, 0.15) is 5.69 Å². The first-order valence-corrected chi connectivity index (χ1v) is 4.67. The van der Waals surface area contributed by atoms with Crippen LogP contribution in [0, 0.1) is 0 Å². The van der Waals surface area contributed by atoms with Gasteiger partial charge in [0.15, 0.2) is 6.29 Å². The van der Waals surface area contributed by atoms with Crippen molar-refractivity contribution in [3.05, 3.63) is 59.7 Å². The summed E-state index contributed by atoms with van der Waals surface area (Å²) in [6.45, 7) is 0. The van der Waals surface area contributed by atoms with Gasteiger partial charge in [-0.2, -0.15) is 0 Å². The van der Waals surface area contributed by atoms with Gasteiger partial charge in [-0.25, -0.2) is 0 Å². The molecule has 15 heavy (non-hydrogen) atoms. The molecule has 3 heteroatoms. The Hall–Kier alpha value is -2.03. The Labute approximate surface area is 87.8 Å². The van der Waals surface area contributed by atoms with Crippen LogP contribution in [0.4, 0.5) is 0 Å². The normalized spacial score (nSPS) is 9.87. The highest BCUT2D eigenvalue weighted by molar-refractivity contribution is 5.71. The van der Waals surface area contributed by atoms with Gasteiger partial charge in [0, 0.05) is 25.0 Å². The van der Waals surface area contributed by atoms with Gasteiger partial charge in [-0.05, 0) is 23.3 Å². The van der Waals surface area contributed by atoms with Gasteiger partial charge in [0.25, 0.3) is 0 Å². The van der Waals surface area contributed by atoms with Gasteiger partial charge in [-0.3, -0.25) is 14.8 Å². The first kappa shape index (κ1) is 9.52. The lowest BCUT2D eigenvalue weighted by Gasteiger charge is -2.00. The predicted octanol–water partition coefficient (Wildman–Crippen LogP) is 1.88. The van der Waals surface area contributed by atoms with Gasteiger partial charge in [0.2, 0.25) is 0 Å². The van der Waals surface area contributed by atoms with Crippen molar-refractivity contribution >= 4 is 6.29 Å². The molecule has 0 aliphatic carbocycles. The summed E-state index contributed by atoms with van der Waals surface area (Å²) in [6, 6.07) is 7.55. The van der Waals surface area contributed by atoms with Crippen molar-refractivity contribution in [3.63, 3.8) is 0 Å². The third-order valence-corrected chi connectivity index (χ3v) is 2.10. The van der Waals surface area contributed by atoms with Gasteiger partial charge >= 0.3 is 0 Å². The number of aldehydes is 1. The van der Waals surface area contributed by atoms with E-state index in [1.807, 2.05) is 24.4 Å². The highest BCUT2D eigenvalue weighted by Gasteiger charge is 1.97. The van der Waals surface area contributed by atoms with Crippen LogP contribution in [-0.2, 0) is 6.42 Å². The van der Waals surface area contributed by atoms with Crippen LogP contribution in [0.3, 0.4) is 0 Å². The van der Waals surface area contributed by atoms with E-state index in [9.17, 15) is 4.79 Å². The lowest BCUT2D eigenvalue weighted by atomic mass is 10.1. The molecule has 0 saturated heterocycles. The Balaban J connectivity index is 2.15. The number of hydrogen-bond acceptors (Lipinski definition) is 3. The number of aromatic nitrogens is 2. The van der Waals surface area contributed by atoms with E-state index >= 15 is 0 Å². The number of nitrogens with zero attached hydrogens (tertiary/aromatic N) is 2. The van der Waals surface area contributed by atoms with Gasteiger partial charge in [-0.1, -0.05) is 12.1 Å². The molecule has 0 fully saturated rings. The second-order valence-corrected chi connectivity index (χ2v) is 3.25. The molecule has 2 heterocycles. The largest absolute Gasteiger partial charge is 0.296 e. The molecule has 0 saturated carbocycles. The Morgan fingerprint density at radius 1 is 1.13 bits per heavy atom. The van der Waals surface area contributed by atoms with Crippen molar-refractivity contribution in [2.24, 2.45) is 0 Å². The zero-order valence-electron chi connectivity index (χ0n) is 8.13. The van der Waals surface area contributed by atoms with Crippen molar-refractivity contribution < 1.29 is 4.79 Å². The zero-order valence-corrected chi connectivity index (χ0v) is 8.13. The molecule has 0 atom stereocenters. The van der Waals surface area contributed by atoms with Crippen LogP contribution in [-0.4, -0.2) is 16.3 Å². The molecule has 0 N–H and O–H groups in total. The van der Waals surface area contributed by atoms with Crippen molar-refractivity contribution in [1.82, 2.24) is 9.97 Å². The average Bonchev–Trinajstić information content (AvgIpc) is 2.31. The van der Waals surface area contributed by atoms with Crippen molar-refractivity contribution in [1.29, 1.82) is 0 Å². The van der Waals surface area contributed by atoms with Gasteiger partial charge in [0.05, 0.1) is 0 Å². The molecule has 0 aromatic carbocycles. The van der Waals surface area contributed by atoms with Crippen LogP contribution in [0.2, 0.25) is 0 Å². The SMILES string of the molecule is O=Cc1ccc(Cc2cccnc2)cn1. The Morgan fingerprint density at radius 2 is 2.00 bits per heavy atom. The van der Waals surface area contributed by atoms with Gasteiger partial charge < -0.3 is 0 Å². The molecule has 0 aliphatic rings. The van der Waals surface area contributed by atoms with E-state index in [0.29, 0.717) is 5.69 Å². The minimum atomic E-state index is 0.463. The summed E-state index contributed by atoms with van der Waals surface area (Å²) in [5, 5.41) is 0. The molecule has 2 rings (SSSR count). The number of carbonyl (C=O) groups excluding carboxylic acids is 1.